The molecule has 4 heteroatoms. The van der Waals surface area contributed by atoms with Gasteiger partial charge in [-0.25, -0.2) is 4.79 Å². The number of nitrogens with zero attached hydrogens (tertiary/aromatic N) is 1. The topological polar surface area (TPSA) is 40.5 Å². The normalized spacial score (nSPS) is 23.9. The van der Waals surface area contributed by atoms with Crippen molar-refractivity contribution in [1.82, 2.24) is 4.90 Å². The molecule has 0 amide bonds. The highest BCUT2D eigenvalue weighted by atomic mass is 19.1. The molecule has 2 fully saturated rings. The van der Waals surface area contributed by atoms with Crippen LogP contribution in [0.25, 0.3) is 5.57 Å². The fourth-order valence-corrected chi connectivity index (χ4v) is 7.36. The van der Waals surface area contributed by atoms with Crippen LogP contribution >= 0.6 is 0 Å². The first-order valence-corrected chi connectivity index (χ1v) is 14.3. The second-order valence-electron chi connectivity index (χ2n) is 11.7. The second-order valence-corrected chi connectivity index (χ2v) is 11.7. The highest BCUT2D eigenvalue weighted by Crippen LogP contribution is 2.48. The predicted octanol–water partition coefficient (Wildman–Crippen LogP) is 7.10. The van der Waals surface area contributed by atoms with Crippen LogP contribution in [0.3, 0.4) is 0 Å². The minimum Gasteiger partial charge on any atom is -0.478 e. The predicted molar refractivity (Wildman–Crippen MR) is 147 cm³/mol. The van der Waals surface area contributed by atoms with Crippen molar-refractivity contribution < 1.29 is 14.3 Å². The third-order valence-corrected chi connectivity index (χ3v) is 9.21. The van der Waals surface area contributed by atoms with E-state index >= 15 is 0 Å². The Balaban J connectivity index is 1.31. The van der Waals surface area contributed by atoms with Gasteiger partial charge in [0, 0.05) is 19.6 Å². The molecular weight excluding hydrogens is 461 g/mol. The molecule has 3 aliphatic carbocycles. The molecule has 3 nitrogen and oxygen atoms in total. The molecule has 6 rings (SSSR count). The summed E-state index contributed by atoms with van der Waals surface area (Å²) in [4.78, 5) is 14.1. The standard InChI is InChI=1S/C33H38FNO2/c34-14-3-15-35-20-23(21-35)16-22-8-10-24(11-9-22)32-30(29-17-25-4-1-5-26(25)18-29)7-2-6-27-19-28(33(36)37)12-13-31(27)32/h8-13,17,19,23,25-26H,1-7,14-16,18,20-21H2,(H,36,37)/t25-,26+/m0/s1. The van der Waals surface area contributed by atoms with E-state index in [0.717, 1.165) is 62.7 Å². The van der Waals surface area contributed by atoms with E-state index in [4.69, 9.17) is 0 Å². The van der Waals surface area contributed by atoms with Gasteiger partial charge in [0.15, 0.2) is 0 Å². The zero-order chi connectivity index (χ0) is 25.4. The van der Waals surface area contributed by atoms with E-state index in [1.165, 1.54) is 53.5 Å². The van der Waals surface area contributed by atoms with Gasteiger partial charge in [-0.15, -0.1) is 0 Å². The number of allylic oxidation sites excluding steroid dienone is 3. The number of aryl methyl sites for hydroxylation is 1. The van der Waals surface area contributed by atoms with Crippen LogP contribution in [0.2, 0.25) is 0 Å². The van der Waals surface area contributed by atoms with Gasteiger partial charge >= 0.3 is 5.97 Å². The Hall–Kier alpha value is -2.72. The summed E-state index contributed by atoms with van der Waals surface area (Å²) < 4.78 is 12.4. The monoisotopic (exact) mass is 499 g/mol. The summed E-state index contributed by atoms with van der Waals surface area (Å²) in [7, 11) is 0. The number of hydrogen-bond acceptors (Lipinski definition) is 2. The SMILES string of the molecule is O=C(O)c1ccc2c(c1)CCCC(C1=C[C@@H]3CCC[C@@H]3C1)=C2c1ccc(CC2CN(CCCF)C2)cc1. The Bertz CT molecular complexity index is 1220. The van der Waals surface area contributed by atoms with Crippen molar-refractivity contribution in [3.63, 3.8) is 0 Å². The third-order valence-electron chi connectivity index (χ3n) is 9.21. The molecule has 0 unspecified atom stereocenters. The highest BCUT2D eigenvalue weighted by Gasteiger charge is 2.34. The Labute approximate surface area is 220 Å². The summed E-state index contributed by atoms with van der Waals surface area (Å²) in [6.07, 6.45) is 12.6. The molecule has 2 aromatic carbocycles. The lowest BCUT2D eigenvalue weighted by atomic mass is 9.85. The number of rotatable bonds is 8. The van der Waals surface area contributed by atoms with Gasteiger partial charge in [-0.05, 0) is 120 Å². The van der Waals surface area contributed by atoms with Crippen LogP contribution in [0.4, 0.5) is 4.39 Å². The average molecular weight is 500 g/mol. The molecule has 37 heavy (non-hydrogen) atoms. The molecule has 1 saturated heterocycles. The van der Waals surface area contributed by atoms with Gasteiger partial charge in [0.1, 0.15) is 0 Å². The van der Waals surface area contributed by atoms with Crippen LogP contribution in [-0.2, 0) is 12.8 Å². The first-order chi connectivity index (χ1) is 18.1. The molecule has 1 heterocycles. The number of benzene rings is 2. The Kier molecular flexibility index (Phi) is 7.03. The lowest BCUT2D eigenvalue weighted by Crippen LogP contribution is -2.47. The first kappa shape index (κ1) is 24.6. The second kappa shape index (κ2) is 10.6. The van der Waals surface area contributed by atoms with Gasteiger partial charge in [0.05, 0.1) is 12.2 Å². The largest absolute Gasteiger partial charge is 0.478 e. The zero-order valence-electron chi connectivity index (χ0n) is 21.7. The molecule has 2 aromatic rings. The van der Waals surface area contributed by atoms with Crippen LogP contribution < -0.4 is 0 Å². The van der Waals surface area contributed by atoms with E-state index < -0.39 is 5.97 Å². The molecule has 4 aliphatic rings. The van der Waals surface area contributed by atoms with Gasteiger partial charge in [-0.1, -0.05) is 42.8 Å². The minimum absolute atomic E-state index is 0.223. The molecule has 1 aliphatic heterocycles. The maximum absolute atomic E-state index is 12.4. The maximum atomic E-state index is 12.4. The average Bonchev–Trinajstić information content (AvgIpc) is 3.43. The molecular formula is C33H38FNO2. The lowest BCUT2D eigenvalue weighted by Gasteiger charge is -2.39. The number of fused-ring (bicyclic) bond motifs is 2. The highest BCUT2D eigenvalue weighted by molar-refractivity contribution is 5.91. The quantitative estimate of drug-likeness (QED) is 0.421. The van der Waals surface area contributed by atoms with Crippen molar-refractivity contribution >= 4 is 11.5 Å². The smallest absolute Gasteiger partial charge is 0.335 e. The number of likely N-dealkylation sites (tertiary alicyclic amines) is 1. The summed E-state index contributed by atoms with van der Waals surface area (Å²) in [5, 5.41) is 9.60. The number of carbonyl (C=O) groups is 1. The fraction of sp³-hybridized carbons (Fsp3) is 0.485. The van der Waals surface area contributed by atoms with Gasteiger partial charge < -0.3 is 10.0 Å². The third kappa shape index (κ3) is 5.05. The number of carboxylic acids is 1. The van der Waals surface area contributed by atoms with Crippen LogP contribution in [0.5, 0.6) is 0 Å². The van der Waals surface area contributed by atoms with Crippen LogP contribution in [0, 0.1) is 17.8 Å². The number of halogens is 1. The molecule has 0 bridgehead atoms. The minimum atomic E-state index is -0.854. The molecule has 1 saturated carbocycles. The van der Waals surface area contributed by atoms with Crippen molar-refractivity contribution in [1.29, 1.82) is 0 Å². The molecule has 2 atom stereocenters. The Morgan fingerprint density at radius 3 is 2.62 bits per heavy atom. The van der Waals surface area contributed by atoms with E-state index in [2.05, 4.69) is 41.3 Å². The van der Waals surface area contributed by atoms with E-state index in [0.29, 0.717) is 17.9 Å². The van der Waals surface area contributed by atoms with Crippen LogP contribution in [0.1, 0.15) is 77.6 Å². The summed E-state index contributed by atoms with van der Waals surface area (Å²) in [6, 6.07) is 14.9. The molecule has 194 valence electrons. The zero-order valence-corrected chi connectivity index (χ0v) is 21.7. The summed E-state index contributed by atoms with van der Waals surface area (Å²) in [5.41, 5.74) is 9.74. The van der Waals surface area contributed by atoms with Crippen molar-refractivity contribution in [2.24, 2.45) is 17.8 Å². The van der Waals surface area contributed by atoms with Crippen molar-refractivity contribution in [2.45, 2.75) is 57.8 Å². The van der Waals surface area contributed by atoms with E-state index in [1.54, 1.807) is 11.6 Å². The number of aromatic carboxylic acids is 1. The van der Waals surface area contributed by atoms with Crippen LogP contribution in [0.15, 0.2) is 59.7 Å². The van der Waals surface area contributed by atoms with Crippen molar-refractivity contribution in [3.8, 4) is 0 Å². The molecule has 0 spiro atoms. The Morgan fingerprint density at radius 1 is 1.03 bits per heavy atom. The first-order valence-electron chi connectivity index (χ1n) is 14.3. The van der Waals surface area contributed by atoms with Crippen LogP contribution in [-0.4, -0.2) is 42.3 Å². The fourth-order valence-electron chi connectivity index (χ4n) is 7.36. The van der Waals surface area contributed by atoms with Gasteiger partial charge in [0.25, 0.3) is 0 Å². The molecule has 1 N–H and O–H groups in total. The summed E-state index contributed by atoms with van der Waals surface area (Å²) >= 11 is 0. The van der Waals surface area contributed by atoms with Crippen molar-refractivity contribution in [3.05, 3.63) is 87.5 Å². The van der Waals surface area contributed by atoms with Gasteiger partial charge in [0.2, 0.25) is 0 Å². The number of carboxylic acid groups (broad SMARTS) is 1. The summed E-state index contributed by atoms with van der Waals surface area (Å²) in [6.45, 7) is 2.81. The molecule has 0 aromatic heterocycles. The summed E-state index contributed by atoms with van der Waals surface area (Å²) in [5.74, 6) is 1.37. The maximum Gasteiger partial charge on any atom is 0.335 e. The van der Waals surface area contributed by atoms with Gasteiger partial charge in [-0.3, -0.25) is 4.39 Å². The molecule has 0 radical (unpaired) electrons. The van der Waals surface area contributed by atoms with Gasteiger partial charge in [-0.2, -0.15) is 0 Å². The Morgan fingerprint density at radius 2 is 1.86 bits per heavy atom. The van der Waals surface area contributed by atoms with Crippen molar-refractivity contribution in [2.75, 3.05) is 26.3 Å². The van der Waals surface area contributed by atoms with E-state index in [-0.39, 0.29) is 6.67 Å². The van der Waals surface area contributed by atoms with E-state index in [1.807, 2.05) is 6.07 Å². The van der Waals surface area contributed by atoms with E-state index in [9.17, 15) is 14.3 Å². The number of hydrogen-bond donors (Lipinski definition) is 1. The lowest BCUT2D eigenvalue weighted by molar-refractivity contribution is 0.0696. The number of alkyl halides is 1.